The fourth-order valence-electron chi connectivity index (χ4n) is 2.49. The number of para-hydroxylation sites is 1. The molecular formula is C18H17NO4S. The zero-order valence-corrected chi connectivity index (χ0v) is 14.0. The van der Waals surface area contributed by atoms with Gasteiger partial charge in [0.25, 0.3) is 15.9 Å². The number of amides is 1. The van der Waals surface area contributed by atoms with Crippen LogP contribution in [-0.2, 0) is 10.0 Å². The second kappa shape index (κ2) is 6.13. The van der Waals surface area contributed by atoms with Crippen molar-refractivity contribution in [3.63, 3.8) is 0 Å². The van der Waals surface area contributed by atoms with Crippen LogP contribution < -0.4 is 4.74 Å². The van der Waals surface area contributed by atoms with E-state index in [-0.39, 0.29) is 17.0 Å². The van der Waals surface area contributed by atoms with Crippen LogP contribution in [0, 0.1) is 6.92 Å². The minimum atomic E-state index is -3.98. The van der Waals surface area contributed by atoms with Crippen molar-refractivity contribution in [2.45, 2.75) is 17.9 Å². The first-order chi connectivity index (χ1) is 11.4. The average Bonchev–Trinajstić information content (AvgIpc) is 2.72. The van der Waals surface area contributed by atoms with E-state index in [1.54, 1.807) is 36.4 Å². The Balaban J connectivity index is 2.10. The van der Waals surface area contributed by atoms with Gasteiger partial charge >= 0.3 is 0 Å². The molecule has 1 aliphatic rings. The molecule has 1 aliphatic heterocycles. The van der Waals surface area contributed by atoms with E-state index in [2.05, 4.69) is 6.58 Å². The molecule has 2 aromatic rings. The first-order valence-corrected chi connectivity index (χ1v) is 8.89. The number of hydrogen-bond donors (Lipinski definition) is 0. The van der Waals surface area contributed by atoms with E-state index in [9.17, 15) is 13.2 Å². The molecule has 0 radical (unpaired) electrons. The number of ether oxygens (including phenoxy) is 1. The second-order valence-corrected chi connectivity index (χ2v) is 7.40. The van der Waals surface area contributed by atoms with E-state index < -0.39 is 22.0 Å². The molecule has 0 bridgehead atoms. The van der Waals surface area contributed by atoms with Crippen LogP contribution in [0.25, 0.3) is 0 Å². The summed E-state index contributed by atoms with van der Waals surface area (Å²) in [6, 6.07) is 13.0. The van der Waals surface area contributed by atoms with Gasteiger partial charge in [-0.3, -0.25) is 4.79 Å². The number of sulfonamides is 1. The molecule has 5 nitrogen and oxygen atoms in total. The molecular weight excluding hydrogens is 326 g/mol. The molecule has 124 valence electrons. The number of nitrogens with zero attached hydrogens (tertiary/aromatic N) is 1. The number of fused-ring (bicyclic) bond motifs is 1. The van der Waals surface area contributed by atoms with Gasteiger partial charge in [0.1, 0.15) is 11.9 Å². The third kappa shape index (κ3) is 2.80. The Labute approximate surface area is 141 Å². The lowest BCUT2D eigenvalue weighted by atomic mass is 10.2. The van der Waals surface area contributed by atoms with E-state index >= 15 is 0 Å². The minimum Gasteiger partial charge on any atom is -0.484 e. The van der Waals surface area contributed by atoms with Crippen LogP contribution in [0.15, 0.2) is 66.1 Å². The Kier molecular flexibility index (Phi) is 4.15. The van der Waals surface area contributed by atoms with Gasteiger partial charge < -0.3 is 4.74 Å². The molecule has 0 aliphatic carbocycles. The molecule has 0 N–H and O–H groups in total. The Bertz CT molecular complexity index is 887. The van der Waals surface area contributed by atoms with Gasteiger partial charge in [0.05, 0.1) is 17.0 Å². The van der Waals surface area contributed by atoms with Crippen LogP contribution in [0.1, 0.15) is 15.9 Å². The highest BCUT2D eigenvalue weighted by Gasteiger charge is 2.36. The molecule has 3 rings (SSSR count). The Morgan fingerprint density at radius 1 is 1.17 bits per heavy atom. The van der Waals surface area contributed by atoms with Crippen LogP contribution in [0.4, 0.5) is 0 Å². The van der Waals surface area contributed by atoms with Gasteiger partial charge in [-0.05, 0) is 37.3 Å². The number of carbonyl (C=O) groups excluding carboxylic acids is 1. The van der Waals surface area contributed by atoms with Crippen molar-refractivity contribution in [1.82, 2.24) is 4.31 Å². The summed E-state index contributed by atoms with van der Waals surface area (Å²) < 4.78 is 32.5. The van der Waals surface area contributed by atoms with Gasteiger partial charge in [0.2, 0.25) is 0 Å². The van der Waals surface area contributed by atoms with Crippen LogP contribution in [-0.4, -0.2) is 31.3 Å². The fraction of sp³-hybridized carbons (Fsp3) is 0.167. The summed E-state index contributed by atoms with van der Waals surface area (Å²) in [6.45, 7) is 5.42. The van der Waals surface area contributed by atoms with Gasteiger partial charge in [0, 0.05) is 0 Å². The maximum absolute atomic E-state index is 12.9. The molecule has 0 saturated heterocycles. The molecule has 0 spiro atoms. The SMILES string of the molecule is C=C[C@@H]1CN(S(=O)(=O)c2ccc(C)cc2)C(=O)c2ccccc2O1. The largest absolute Gasteiger partial charge is 0.484 e. The highest BCUT2D eigenvalue weighted by atomic mass is 32.2. The molecule has 0 fully saturated rings. The van der Waals surface area contributed by atoms with Gasteiger partial charge in [0.15, 0.2) is 0 Å². The highest BCUT2D eigenvalue weighted by Crippen LogP contribution is 2.28. The molecule has 0 saturated carbocycles. The van der Waals surface area contributed by atoms with Crippen LogP contribution in [0.2, 0.25) is 0 Å². The number of hydrogen-bond acceptors (Lipinski definition) is 4. The Morgan fingerprint density at radius 3 is 2.50 bits per heavy atom. The van der Waals surface area contributed by atoms with Crippen molar-refractivity contribution in [1.29, 1.82) is 0 Å². The molecule has 0 aromatic heterocycles. The first kappa shape index (κ1) is 16.3. The van der Waals surface area contributed by atoms with Crippen LogP contribution in [0.3, 0.4) is 0 Å². The number of aryl methyl sites for hydroxylation is 1. The van der Waals surface area contributed by atoms with E-state index in [0.717, 1.165) is 9.87 Å². The summed E-state index contributed by atoms with van der Waals surface area (Å²) >= 11 is 0. The third-order valence-electron chi connectivity index (χ3n) is 3.84. The summed E-state index contributed by atoms with van der Waals surface area (Å²) in [5.41, 5.74) is 1.16. The van der Waals surface area contributed by atoms with Crippen molar-refractivity contribution in [2.24, 2.45) is 0 Å². The molecule has 0 unspecified atom stereocenters. The van der Waals surface area contributed by atoms with Crippen LogP contribution in [0.5, 0.6) is 5.75 Å². The zero-order valence-electron chi connectivity index (χ0n) is 13.2. The Morgan fingerprint density at radius 2 is 1.83 bits per heavy atom. The molecule has 6 heteroatoms. The monoisotopic (exact) mass is 343 g/mol. The van der Waals surface area contributed by atoms with E-state index in [1.807, 2.05) is 6.92 Å². The summed E-state index contributed by atoms with van der Waals surface area (Å²) in [4.78, 5) is 12.9. The lowest BCUT2D eigenvalue weighted by Crippen LogP contribution is -2.40. The van der Waals surface area contributed by atoms with Crippen molar-refractivity contribution in [3.8, 4) is 5.75 Å². The summed E-state index contributed by atoms with van der Waals surface area (Å²) in [5.74, 6) is -0.246. The maximum Gasteiger partial charge on any atom is 0.271 e. The minimum absolute atomic E-state index is 0.0728. The van der Waals surface area contributed by atoms with Crippen molar-refractivity contribution >= 4 is 15.9 Å². The van der Waals surface area contributed by atoms with Crippen LogP contribution >= 0.6 is 0 Å². The average molecular weight is 343 g/mol. The number of carbonyl (C=O) groups is 1. The van der Waals surface area contributed by atoms with Gasteiger partial charge in [-0.2, -0.15) is 0 Å². The summed E-state index contributed by atoms with van der Waals surface area (Å²) in [6.07, 6.45) is 0.880. The van der Waals surface area contributed by atoms with E-state index in [4.69, 9.17) is 4.74 Å². The van der Waals surface area contributed by atoms with Gasteiger partial charge in [-0.15, -0.1) is 0 Å². The van der Waals surface area contributed by atoms with Crippen molar-refractivity contribution in [2.75, 3.05) is 6.54 Å². The summed E-state index contributed by atoms with van der Waals surface area (Å²) in [5, 5.41) is 0. The van der Waals surface area contributed by atoms with Crippen molar-refractivity contribution < 1.29 is 17.9 Å². The van der Waals surface area contributed by atoms with Crippen molar-refractivity contribution in [3.05, 3.63) is 72.3 Å². The Hall–Kier alpha value is -2.60. The maximum atomic E-state index is 12.9. The van der Waals surface area contributed by atoms with Gasteiger partial charge in [-0.1, -0.05) is 36.4 Å². The second-order valence-electron chi connectivity index (χ2n) is 5.54. The zero-order chi connectivity index (χ0) is 17.3. The molecule has 24 heavy (non-hydrogen) atoms. The normalized spacial score (nSPS) is 17.6. The van der Waals surface area contributed by atoms with E-state index in [0.29, 0.717) is 5.75 Å². The first-order valence-electron chi connectivity index (χ1n) is 7.45. The molecule has 1 atom stereocenters. The molecule has 1 amide bonds. The lowest BCUT2D eigenvalue weighted by Gasteiger charge is -2.22. The summed E-state index contributed by atoms with van der Waals surface area (Å²) in [7, 11) is -3.98. The topological polar surface area (TPSA) is 63.7 Å². The number of rotatable bonds is 3. The smallest absolute Gasteiger partial charge is 0.271 e. The van der Waals surface area contributed by atoms with Gasteiger partial charge in [-0.25, -0.2) is 12.7 Å². The lowest BCUT2D eigenvalue weighted by molar-refractivity contribution is 0.0854. The van der Waals surface area contributed by atoms with E-state index in [1.165, 1.54) is 18.2 Å². The molecule has 1 heterocycles. The third-order valence-corrected chi connectivity index (χ3v) is 5.60. The quantitative estimate of drug-likeness (QED) is 0.804. The highest BCUT2D eigenvalue weighted by molar-refractivity contribution is 7.89. The molecule has 2 aromatic carbocycles. The number of benzene rings is 2. The standard InChI is InChI=1S/C18H17NO4S/c1-3-14-12-19(18(20)16-6-4-5-7-17(16)23-14)24(21,22)15-10-8-13(2)9-11-15/h3-11,14H,1,12H2,2H3/t14-/m1/s1. The predicted octanol–water partition coefficient (Wildman–Crippen LogP) is 2.77. The fourth-order valence-corrected chi connectivity index (χ4v) is 3.89. The predicted molar refractivity (Wildman–Crippen MR) is 90.5 cm³/mol.